The van der Waals surface area contributed by atoms with Crippen LogP contribution in [-0.4, -0.2) is 49.0 Å². The first-order valence-electron chi connectivity index (χ1n) is 8.54. The van der Waals surface area contributed by atoms with Crippen molar-refractivity contribution in [3.05, 3.63) is 41.3 Å². The van der Waals surface area contributed by atoms with Crippen molar-refractivity contribution in [1.82, 2.24) is 15.3 Å². The maximum Gasteiger partial charge on any atom is 0.251 e. The van der Waals surface area contributed by atoms with E-state index >= 15 is 0 Å². The molecule has 3 heterocycles. The number of aromatic nitrogens is 2. The van der Waals surface area contributed by atoms with Crippen molar-refractivity contribution >= 4 is 11.7 Å². The molecular weight excluding hydrogens is 336 g/mol. The first-order chi connectivity index (χ1) is 12.7. The summed E-state index contributed by atoms with van der Waals surface area (Å²) >= 11 is 0. The Labute approximate surface area is 151 Å². The molecule has 26 heavy (non-hydrogen) atoms. The molecule has 1 aromatic carbocycles. The van der Waals surface area contributed by atoms with Gasteiger partial charge in [-0.3, -0.25) is 4.79 Å². The molecule has 1 saturated heterocycles. The van der Waals surface area contributed by atoms with Crippen molar-refractivity contribution < 1.29 is 19.0 Å². The highest BCUT2D eigenvalue weighted by Gasteiger charge is 2.17. The molecule has 1 aromatic heterocycles. The number of rotatable bonds is 4. The molecule has 1 amide bonds. The van der Waals surface area contributed by atoms with Gasteiger partial charge in [0.15, 0.2) is 11.5 Å². The quantitative estimate of drug-likeness (QED) is 0.883. The van der Waals surface area contributed by atoms with Crippen LogP contribution in [0.5, 0.6) is 11.5 Å². The minimum atomic E-state index is -0.207. The predicted molar refractivity (Wildman–Crippen MR) is 93.5 cm³/mol. The maximum atomic E-state index is 12.4. The Morgan fingerprint density at radius 3 is 2.81 bits per heavy atom. The van der Waals surface area contributed by atoms with Gasteiger partial charge in [0.1, 0.15) is 11.6 Å². The molecule has 8 heteroatoms. The van der Waals surface area contributed by atoms with Crippen LogP contribution in [-0.2, 0) is 11.3 Å². The van der Waals surface area contributed by atoms with Gasteiger partial charge in [0.05, 0.1) is 19.8 Å². The van der Waals surface area contributed by atoms with E-state index in [1.807, 2.05) is 13.0 Å². The van der Waals surface area contributed by atoms with Gasteiger partial charge >= 0.3 is 0 Å². The first-order valence-corrected chi connectivity index (χ1v) is 8.54. The number of morpholine rings is 1. The second-order valence-corrected chi connectivity index (χ2v) is 6.13. The molecule has 0 atom stereocenters. The summed E-state index contributed by atoms with van der Waals surface area (Å²) in [5.74, 6) is 2.48. The molecule has 1 N–H and O–H groups in total. The van der Waals surface area contributed by atoms with Gasteiger partial charge in [0.25, 0.3) is 5.91 Å². The van der Waals surface area contributed by atoms with Crippen molar-refractivity contribution in [2.45, 2.75) is 13.5 Å². The van der Waals surface area contributed by atoms with Crippen LogP contribution < -0.4 is 19.7 Å². The number of nitrogens with one attached hydrogen (secondary N) is 1. The molecule has 0 aliphatic carbocycles. The summed E-state index contributed by atoms with van der Waals surface area (Å²) in [6, 6.07) is 7.07. The molecule has 0 saturated carbocycles. The van der Waals surface area contributed by atoms with Crippen LogP contribution in [0.4, 0.5) is 5.82 Å². The fourth-order valence-corrected chi connectivity index (χ4v) is 2.94. The summed E-state index contributed by atoms with van der Waals surface area (Å²) in [5, 5.41) is 2.86. The van der Waals surface area contributed by atoms with Gasteiger partial charge in [-0.25, -0.2) is 9.97 Å². The fourth-order valence-electron chi connectivity index (χ4n) is 2.94. The number of hydrogen-bond acceptors (Lipinski definition) is 7. The van der Waals surface area contributed by atoms with E-state index in [0.717, 1.165) is 24.6 Å². The van der Waals surface area contributed by atoms with Gasteiger partial charge in [-0.05, 0) is 25.1 Å². The standard InChI is InChI=1S/C18H20N4O4/c1-12-8-17(22-4-6-24-7-5-22)21-16(20-12)10-19-18(23)13-2-3-14-15(9-13)26-11-25-14/h2-3,8-9H,4-7,10-11H2,1H3,(H,19,23). The summed E-state index contributed by atoms with van der Waals surface area (Å²) in [5.41, 5.74) is 1.38. The van der Waals surface area contributed by atoms with Crippen molar-refractivity contribution in [3.63, 3.8) is 0 Å². The monoisotopic (exact) mass is 356 g/mol. The predicted octanol–water partition coefficient (Wildman–Crippen LogP) is 1.28. The van der Waals surface area contributed by atoms with Crippen molar-refractivity contribution in [1.29, 1.82) is 0 Å². The minimum absolute atomic E-state index is 0.182. The zero-order valence-corrected chi connectivity index (χ0v) is 14.5. The lowest BCUT2D eigenvalue weighted by molar-refractivity contribution is 0.0949. The number of benzene rings is 1. The van der Waals surface area contributed by atoms with Crippen LogP contribution in [0.25, 0.3) is 0 Å². The Hall–Kier alpha value is -2.87. The van der Waals surface area contributed by atoms with Gasteiger partial charge in [-0.15, -0.1) is 0 Å². The average Bonchev–Trinajstić information content (AvgIpc) is 3.14. The highest BCUT2D eigenvalue weighted by molar-refractivity contribution is 5.94. The molecule has 1 fully saturated rings. The van der Waals surface area contributed by atoms with E-state index < -0.39 is 0 Å². The highest BCUT2D eigenvalue weighted by atomic mass is 16.7. The molecule has 0 unspecified atom stereocenters. The SMILES string of the molecule is Cc1cc(N2CCOCC2)nc(CNC(=O)c2ccc3c(c2)OCO3)n1. The lowest BCUT2D eigenvalue weighted by Gasteiger charge is -2.28. The van der Waals surface area contributed by atoms with E-state index in [2.05, 4.69) is 20.2 Å². The smallest absolute Gasteiger partial charge is 0.251 e. The number of carbonyl (C=O) groups excluding carboxylic acids is 1. The molecule has 4 rings (SSSR count). The third-order valence-electron chi connectivity index (χ3n) is 4.26. The second-order valence-electron chi connectivity index (χ2n) is 6.13. The van der Waals surface area contributed by atoms with Crippen LogP contribution in [0, 0.1) is 6.92 Å². The van der Waals surface area contributed by atoms with Crippen molar-refractivity contribution in [2.24, 2.45) is 0 Å². The van der Waals surface area contributed by atoms with E-state index in [4.69, 9.17) is 14.2 Å². The number of nitrogens with zero attached hydrogens (tertiary/aromatic N) is 3. The van der Waals surface area contributed by atoms with Crippen LogP contribution in [0.3, 0.4) is 0 Å². The topological polar surface area (TPSA) is 85.8 Å². The molecule has 2 aliphatic rings. The highest BCUT2D eigenvalue weighted by Crippen LogP contribution is 2.32. The summed E-state index contributed by atoms with van der Waals surface area (Å²) in [7, 11) is 0. The molecular formula is C18H20N4O4. The van der Waals surface area contributed by atoms with Crippen molar-refractivity contribution in [2.75, 3.05) is 38.0 Å². The summed E-state index contributed by atoms with van der Waals surface area (Å²) < 4.78 is 15.9. The molecule has 0 spiro atoms. The Kier molecular flexibility index (Phi) is 4.57. The third kappa shape index (κ3) is 3.55. The second kappa shape index (κ2) is 7.17. The fraction of sp³-hybridized carbons (Fsp3) is 0.389. The number of amides is 1. The van der Waals surface area contributed by atoms with E-state index in [1.54, 1.807) is 18.2 Å². The molecule has 8 nitrogen and oxygen atoms in total. The van der Waals surface area contributed by atoms with E-state index in [9.17, 15) is 4.79 Å². The normalized spacial score (nSPS) is 15.8. The van der Waals surface area contributed by atoms with Crippen LogP contribution >= 0.6 is 0 Å². The Morgan fingerprint density at radius 2 is 1.96 bits per heavy atom. The van der Waals surface area contributed by atoms with Gasteiger partial charge in [-0.2, -0.15) is 0 Å². The molecule has 2 aromatic rings. The summed E-state index contributed by atoms with van der Waals surface area (Å²) in [6.45, 7) is 5.36. The van der Waals surface area contributed by atoms with Crippen LogP contribution in [0.2, 0.25) is 0 Å². The van der Waals surface area contributed by atoms with Crippen LogP contribution in [0.15, 0.2) is 24.3 Å². The van der Waals surface area contributed by atoms with E-state index in [-0.39, 0.29) is 19.2 Å². The van der Waals surface area contributed by atoms with Crippen molar-refractivity contribution in [3.8, 4) is 11.5 Å². The zero-order chi connectivity index (χ0) is 17.9. The van der Waals surface area contributed by atoms with Gasteiger partial charge in [0.2, 0.25) is 6.79 Å². The summed E-state index contributed by atoms with van der Waals surface area (Å²) in [4.78, 5) is 23.6. The Bertz CT molecular complexity index is 821. The van der Waals surface area contributed by atoms with E-state index in [0.29, 0.717) is 36.1 Å². The van der Waals surface area contributed by atoms with E-state index in [1.165, 1.54) is 0 Å². The number of carbonyl (C=O) groups is 1. The number of ether oxygens (including phenoxy) is 3. The molecule has 0 bridgehead atoms. The Morgan fingerprint density at radius 1 is 1.15 bits per heavy atom. The first kappa shape index (κ1) is 16.6. The lowest BCUT2D eigenvalue weighted by Crippen LogP contribution is -2.37. The maximum absolute atomic E-state index is 12.4. The largest absolute Gasteiger partial charge is 0.454 e. The van der Waals surface area contributed by atoms with Gasteiger partial charge in [-0.1, -0.05) is 0 Å². The number of fused-ring (bicyclic) bond motifs is 1. The van der Waals surface area contributed by atoms with Gasteiger partial charge < -0.3 is 24.4 Å². The zero-order valence-electron chi connectivity index (χ0n) is 14.5. The average molecular weight is 356 g/mol. The molecule has 136 valence electrons. The summed E-state index contributed by atoms with van der Waals surface area (Å²) in [6.07, 6.45) is 0. The number of anilines is 1. The third-order valence-corrected chi connectivity index (χ3v) is 4.26. The molecule has 0 radical (unpaired) electrons. The molecule has 2 aliphatic heterocycles. The number of hydrogen-bond donors (Lipinski definition) is 1. The Balaban J connectivity index is 1.44. The minimum Gasteiger partial charge on any atom is -0.454 e. The number of aryl methyl sites for hydroxylation is 1. The lowest BCUT2D eigenvalue weighted by atomic mass is 10.2. The van der Waals surface area contributed by atoms with Crippen LogP contribution in [0.1, 0.15) is 21.9 Å². The van der Waals surface area contributed by atoms with Gasteiger partial charge in [0, 0.05) is 30.4 Å².